The molecule has 0 amide bonds. The van der Waals surface area contributed by atoms with Gasteiger partial charge in [-0.3, -0.25) is 0 Å². The van der Waals surface area contributed by atoms with Crippen LogP contribution in [-0.4, -0.2) is 46.7 Å². The summed E-state index contributed by atoms with van der Waals surface area (Å²) < 4.78 is 6.74. The van der Waals surface area contributed by atoms with Crippen LogP contribution in [0, 0.1) is 0 Å². The van der Waals surface area contributed by atoms with E-state index in [1.165, 1.54) is 25.7 Å². The molecule has 0 saturated heterocycles. The van der Waals surface area contributed by atoms with E-state index in [-0.39, 0.29) is 5.69 Å². The van der Waals surface area contributed by atoms with Crippen LogP contribution in [0.15, 0.2) is 6.33 Å². The number of aromatic nitrogens is 2. The van der Waals surface area contributed by atoms with Gasteiger partial charge < -0.3 is 19.9 Å². The van der Waals surface area contributed by atoms with Crippen LogP contribution in [0.1, 0.15) is 43.1 Å². The maximum absolute atomic E-state index is 11.6. The number of hydrogen-bond donors (Lipinski definition) is 1. The summed E-state index contributed by atoms with van der Waals surface area (Å²) >= 11 is 0. The van der Waals surface area contributed by atoms with Crippen molar-refractivity contribution in [2.75, 3.05) is 25.9 Å². The van der Waals surface area contributed by atoms with Gasteiger partial charge in [0.2, 0.25) is 0 Å². The Labute approximate surface area is 119 Å². The highest BCUT2D eigenvalue weighted by molar-refractivity contribution is 5.92. The lowest BCUT2D eigenvalue weighted by Gasteiger charge is -2.24. The second kappa shape index (κ2) is 6.74. The Balaban J connectivity index is 1.91. The number of esters is 1. The van der Waals surface area contributed by atoms with E-state index in [1.54, 1.807) is 13.3 Å². The van der Waals surface area contributed by atoms with E-state index in [2.05, 4.69) is 16.9 Å². The number of nitrogen functional groups attached to an aromatic ring is 1. The van der Waals surface area contributed by atoms with E-state index in [1.807, 2.05) is 4.57 Å². The monoisotopic (exact) mass is 280 g/mol. The van der Waals surface area contributed by atoms with Crippen molar-refractivity contribution in [2.24, 2.45) is 0 Å². The van der Waals surface area contributed by atoms with Gasteiger partial charge in [-0.1, -0.05) is 12.8 Å². The van der Waals surface area contributed by atoms with Crippen molar-refractivity contribution in [3.05, 3.63) is 12.0 Å². The van der Waals surface area contributed by atoms with Crippen molar-refractivity contribution in [3.63, 3.8) is 0 Å². The summed E-state index contributed by atoms with van der Waals surface area (Å²) in [5, 5.41) is 0. The topological polar surface area (TPSA) is 73.4 Å². The van der Waals surface area contributed by atoms with Crippen molar-refractivity contribution in [3.8, 4) is 0 Å². The summed E-state index contributed by atoms with van der Waals surface area (Å²) in [6.07, 6.45) is 6.84. The Hall–Kier alpha value is -1.56. The second-order valence-electron chi connectivity index (χ2n) is 5.31. The van der Waals surface area contributed by atoms with Crippen molar-refractivity contribution >= 4 is 11.8 Å². The molecule has 112 valence electrons. The fraction of sp³-hybridized carbons (Fsp3) is 0.714. The zero-order valence-corrected chi connectivity index (χ0v) is 12.3. The number of anilines is 1. The van der Waals surface area contributed by atoms with Gasteiger partial charge in [0.25, 0.3) is 0 Å². The number of hydrogen-bond acceptors (Lipinski definition) is 5. The first-order valence-corrected chi connectivity index (χ1v) is 7.31. The third kappa shape index (κ3) is 3.30. The number of imidazole rings is 1. The fourth-order valence-electron chi connectivity index (χ4n) is 2.72. The van der Waals surface area contributed by atoms with Crippen LogP contribution < -0.4 is 5.73 Å². The summed E-state index contributed by atoms with van der Waals surface area (Å²) in [7, 11) is 2.15. The second-order valence-corrected chi connectivity index (χ2v) is 5.31. The predicted octanol–water partition coefficient (Wildman–Crippen LogP) is 1.52. The van der Waals surface area contributed by atoms with Crippen LogP contribution >= 0.6 is 0 Å². The number of nitrogens with two attached hydrogens (primary N) is 1. The van der Waals surface area contributed by atoms with Gasteiger partial charge in [-0.2, -0.15) is 0 Å². The van der Waals surface area contributed by atoms with Crippen molar-refractivity contribution < 1.29 is 9.53 Å². The Morgan fingerprint density at radius 1 is 1.55 bits per heavy atom. The van der Waals surface area contributed by atoms with E-state index in [0.29, 0.717) is 18.5 Å². The Morgan fingerprint density at radius 2 is 2.25 bits per heavy atom. The molecule has 1 aromatic rings. The van der Waals surface area contributed by atoms with Crippen LogP contribution in [0.4, 0.5) is 5.82 Å². The lowest BCUT2D eigenvalue weighted by molar-refractivity contribution is 0.0521. The number of ether oxygens (including phenoxy) is 1. The maximum atomic E-state index is 11.6. The van der Waals surface area contributed by atoms with Crippen LogP contribution in [0.5, 0.6) is 0 Å². The summed E-state index contributed by atoms with van der Waals surface area (Å²) in [5.41, 5.74) is 6.17. The predicted molar refractivity (Wildman–Crippen MR) is 77.5 cm³/mol. The third-order valence-corrected chi connectivity index (χ3v) is 3.99. The molecule has 6 heteroatoms. The molecule has 1 saturated carbocycles. The third-order valence-electron chi connectivity index (χ3n) is 3.99. The average molecular weight is 280 g/mol. The highest BCUT2D eigenvalue weighted by atomic mass is 16.5. The Kier molecular flexibility index (Phi) is 5.00. The quantitative estimate of drug-likeness (QED) is 0.800. The number of nitrogens with zero attached hydrogens (tertiary/aromatic N) is 3. The van der Waals surface area contributed by atoms with Gasteiger partial charge in [0.05, 0.1) is 12.9 Å². The van der Waals surface area contributed by atoms with Gasteiger partial charge in [-0.05, 0) is 26.8 Å². The molecule has 0 bridgehead atoms. The molecule has 1 aliphatic carbocycles. The van der Waals surface area contributed by atoms with E-state index in [4.69, 9.17) is 10.5 Å². The first-order valence-electron chi connectivity index (χ1n) is 7.31. The number of carbonyl (C=O) groups is 1. The van der Waals surface area contributed by atoms with Crippen LogP contribution in [0.3, 0.4) is 0 Å². The zero-order chi connectivity index (χ0) is 14.5. The smallest absolute Gasteiger partial charge is 0.360 e. The first-order chi connectivity index (χ1) is 9.63. The largest absolute Gasteiger partial charge is 0.461 e. The molecule has 2 rings (SSSR count). The molecule has 0 radical (unpaired) electrons. The number of rotatable bonds is 6. The first kappa shape index (κ1) is 14.8. The number of carbonyl (C=O) groups excluding carboxylic acids is 1. The Bertz CT molecular complexity index is 452. The highest BCUT2D eigenvalue weighted by Crippen LogP contribution is 2.22. The molecule has 1 aromatic heterocycles. The van der Waals surface area contributed by atoms with E-state index in [9.17, 15) is 4.79 Å². The fourth-order valence-corrected chi connectivity index (χ4v) is 2.72. The van der Waals surface area contributed by atoms with E-state index in [0.717, 1.165) is 13.1 Å². The molecule has 0 aromatic carbocycles. The van der Waals surface area contributed by atoms with Crippen LogP contribution in [-0.2, 0) is 11.3 Å². The van der Waals surface area contributed by atoms with Crippen molar-refractivity contribution in [2.45, 2.75) is 45.2 Å². The maximum Gasteiger partial charge on any atom is 0.360 e. The molecule has 1 aliphatic rings. The molecule has 6 nitrogen and oxygen atoms in total. The van der Waals surface area contributed by atoms with Gasteiger partial charge in [0.1, 0.15) is 5.82 Å². The summed E-state index contributed by atoms with van der Waals surface area (Å²) in [6, 6.07) is 0.685. The van der Waals surface area contributed by atoms with Gasteiger partial charge in [-0.25, -0.2) is 9.78 Å². The standard InChI is InChI=1S/C14H24N4O2/c1-3-20-14(19)12-13(15)18(10-16-12)9-8-17(2)11-6-4-5-7-11/h10-11H,3-9,15H2,1-2H3. The van der Waals surface area contributed by atoms with Gasteiger partial charge in [0.15, 0.2) is 5.69 Å². The number of likely N-dealkylation sites (N-methyl/N-ethyl adjacent to an activating group) is 1. The van der Waals surface area contributed by atoms with Crippen LogP contribution in [0.25, 0.3) is 0 Å². The molecule has 0 spiro atoms. The minimum Gasteiger partial charge on any atom is -0.461 e. The minimum atomic E-state index is -0.451. The molecular formula is C14H24N4O2. The summed E-state index contributed by atoms with van der Waals surface area (Å²) in [6.45, 7) is 3.75. The minimum absolute atomic E-state index is 0.218. The molecule has 0 aliphatic heterocycles. The Morgan fingerprint density at radius 3 is 2.90 bits per heavy atom. The molecule has 1 heterocycles. The summed E-state index contributed by atoms with van der Waals surface area (Å²) in [5.74, 6) is -0.0591. The lowest BCUT2D eigenvalue weighted by Crippen LogP contribution is -2.32. The SMILES string of the molecule is CCOC(=O)c1ncn(CCN(C)C2CCCC2)c1N. The van der Waals surface area contributed by atoms with Gasteiger partial charge in [0, 0.05) is 19.1 Å². The van der Waals surface area contributed by atoms with E-state index < -0.39 is 5.97 Å². The van der Waals surface area contributed by atoms with Crippen molar-refractivity contribution in [1.29, 1.82) is 0 Å². The lowest BCUT2D eigenvalue weighted by atomic mass is 10.2. The molecule has 0 unspecified atom stereocenters. The average Bonchev–Trinajstić information content (AvgIpc) is 3.06. The van der Waals surface area contributed by atoms with Gasteiger partial charge >= 0.3 is 5.97 Å². The zero-order valence-electron chi connectivity index (χ0n) is 12.3. The molecular weight excluding hydrogens is 256 g/mol. The van der Waals surface area contributed by atoms with Crippen LogP contribution in [0.2, 0.25) is 0 Å². The highest BCUT2D eigenvalue weighted by Gasteiger charge is 2.20. The van der Waals surface area contributed by atoms with Crippen molar-refractivity contribution in [1.82, 2.24) is 14.5 Å². The normalized spacial score (nSPS) is 15.9. The molecule has 0 atom stereocenters. The van der Waals surface area contributed by atoms with Gasteiger partial charge in [-0.15, -0.1) is 0 Å². The molecule has 1 fully saturated rings. The molecule has 20 heavy (non-hydrogen) atoms. The molecule has 2 N–H and O–H groups in total. The summed E-state index contributed by atoms with van der Waals surface area (Å²) in [4.78, 5) is 18.1. The van der Waals surface area contributed by atoms with E-state index >= 15 is 0 Å².